The fraction of sp³-hybridized carbons (Fsp3) is 0.812. The van der Waals surface area contributed by atoms with Crippen molar-refractivity contribution in [2.24, 2.45) is 28.6 Å². The molecule has 0 radical (unpaired) electrons. The molecule has 0 bridgehead atoms. The van der Waals surface area contributed by atoms with E-state index in [1.54, 1.807) is 0 Å². The van der Waals surface area contributed by atoms with Crippen LogP contribution in [0, 0.1) is 28.6 Å². The van der Waals surface area contributed by atoms with Gasteiger partial charge in [-0.15, -0.1) is 0 Å². The monoisotopic (exact) mass is 250 g/mol. The lowest BCUT2D eigenvalue weighted by molar-refractivity contribution is -0.153. The number of carbonyl (C=O) groups excluding carboxylic acids is 1. The van der Waals surface area contributed by atoms with Gasteiger partial charge in [0.1, 0.15) is 5.78 Å². The first-order chi connectivity index (χ1) is 8.37. The van der Waals surface area contributed by atoms with Crippen molar-refractivity contribution >= 4 is 5.78 Å². The standard InChI is InChI=1S/C16H26O2/c1-11-6-5-7-13-15(3,8-9-17)12(2)10-14(18)16(11,13)4/h5-6,11-13,17H,7-10H2,1-4H3/t11-,12+,13-,15+,16-/m0/s1. The van der Waals surface area contributed by atoms with E-state index in [4.69, 9.17) is 0 Å². The molecule has 5 atom stereocenters. The van der Waals surface area contributed by atoms with Gasteiger partial charge in [0.25, 0.3) is 0 Å². The Labute approximate surface area is 110 Å². The van der Waals surface area contributed by atoms with Crippen molar-refractivity contribution in [3.8, 4) is 0 Å². The van der Waals surface area contributed by atoms with Gasteiger partial charge in [0.2, 0.25) is 0 Å². The van der Waals surface area contributed by atoms with Crippen molar-refractivity contribution in [1.82, 2.24) is 0 Å². The molecule has 102 valence electrons. The summed E-state index contributed by atoms with van der Waals surface area (Å²) in [7, 11) is 0. The van der Waals surface area contributed by atoms with Gasteiger partial charge in [0.05, 0.1) is 0 Å². The molecule has 2 aliphatic carbocycles. The molecule has 0 saturated heterocycles. The molecule has 0 aliphatic heterocycles. The zero-order valence-corrected chi connectivity index (χ0v) is 12.1. The Bertz CT molecular complexity index is 373. The summed E-state index contributed by atoms with van der Waals surface area (Å²) in [6.07, 6.45) is 6.89. The summed E-state index contributed by atoms with van der Waals surface area (Å²) in [6, 6.07) is 0. The van der Waals surface area contributed by atoms with Gasteiger partial charge < -0.3 is 5.11 Å². The molecule has 2 rings (SSSR count). The van der Waals surface area contributed by atoms with E-state index < -0.39 is 0 Å². The van der Waals surface area contributed by atoms with Crippen LogP contribution in [-0.2, 0) is 4.79 Å². The summed E-state index contributed by atoms with van der Waals surface area (Å²) < 4.78 is 0. The number of hydrogen-bond acceptors (Lipinski definition) is 2. The van der Waals surface area contributed by atoms with E-state index in [1.165, 1.54) is 0 Å². The lowest BCUT2D eigenvalue weighted by Gasteiger charge is -2.57. The second-order valence-corrected chi connectivity index (χ2v) is 6.80. The maximum Gasteiger partial charge on any atom is 0.139 e. The van der Waals surface area contributed by atoms with Crippen molar-refractivity contribution in [1.29, 1.82) is 0 Å². The van der Waals surface area contributed by atoms with Gasteiger partial charge in [-0.3, -0.25) is 4.79 Å². The van der Waals surface area contributed by atoms with Crippen LogP contribution in [-0.4, -0.2) is 17.5 Å². The van der Waals surface area contributed by atoms with Crippen molar-refractivity contribution in [3.05, 3.63) is 12.2 Å². The number of aliphatic hydroxyl groups excluding tert-OH is 1. The van der Waals surface area contributed by atoms with Gasteiger partial charge in [0.15, 0.2) is 0 Å². The minimum atomic E-state index is -0.231. The first kappa shape index (κ1) is 13.8. The van der Waals surface area contributed by atoms with Crippen LogP contribution in [0.3, 0.4) is 0 Å². The lowest BCUT2D eigenvalue weighted by Crippen LogP contribution is -2.56. The third-order valence-corrected chi connectivity index (χ3v) is 6.13. The average Bonchev–Trinajstić information content (AvgIpc) is 2.31. The number of rotatable bonds is 2. The Kier molecular flexibility index (Phi) is 3.44. The molecule has 0 heterocycles. The van der Waals surface area contributed by atoms with Gasteiger partial charge in [-0.05, 0) is 36.0 Å². The van der Waals surface area contributed by atoms with E-state index in [1.807, 2.05) is 0 Å². The summed E-state index contributed by atoms with van der Waals surface area (Å²) in [4.78, 5) is 12.6. The van der Waals surface area contributed by atoms with Crippen LogP contribution in [0.1, 0.15) is 47.0 Å². The van der Waals surface area contributed by atoms with Crippen LogP contribution in [0.2, 0.25) is 0 Å². The summed E-state index contributed by atoms with van der Waals surface area (Å²) >= 11 is 0. The Morgan fingerprint density at radius 2 is 2.06 bits per heavy atom. The van der Waals surface area contributed by atoms with Gasteiger partial charge >= 0.3 is 0 Å². The summed E-state index contributed by atoms with van der Waals surface area (Å²) in [6.45, 7) is 8.98. The molecule has 0 aromatic rings. The first-order valence-electron chi connectivity index (χ1n) is 7.18. The Morgan fingerprint density at radius 1 is 1.39 bits per heavy atom. The number of ketones is 1. The van der Waals surface area contributed by atoms with Gasteiger partial charge in [-0.2, -0.15) is 0 Å². The molecule has 2 aliphatic rings. The maximum absolute atomic E-state index is 12.6. The van der Waals surface area contributed by atoms with Crippen LogP contribution in [0.15, 0.2) is 12.2 Å². The molecular formula is C16H26O2. The SMILES string of the molecule is C[C@@H]1CC(=O)[C@@]2(C)[C@@H](C)C=CC[C@H]2[C@]1(C)CCO. The van der Waals surface area contributed by atoms with Crippen LogP contribution < -0.4 is 0 Å². The van der Waals surface area contributed by atoms with Crippen LogP contribution in [0.5, 0.6) is 0 Å². The largest absolute Gasteiger partial charge is 0.396 e. The fourth-order valence-electron chi connectivity index (χ4n) is 4.32. The van der Waals surface area contributed by atoms with Crippen molar-refractivity contribution in [3.63, 3.8) is 0 Å². The smallest absolute Gasteiger partial charge is 0.139 e. The Hall–Kier alpha value is -0.630. The van der Waals surface area contributed by atoms with Crippen LogP contribution >= 0.6 is 0 Å². The quantitative estimate of drug-likeness (QED) is 0.764. The highest BCUT2D eigenvalue weighted by Crippen LogP contribution is 2.59. The first-order valence-corrected chi connectivity index (χ1v) is 7.18. The number of Topliss-reactive ketones (excluding diaryl/α,β-unsaturated/α-hetero) is 1. The predicted molar refractivity (Wildman–Crippen MR) is 73.1 cm³/mol. The minimum Gasteiger partial charge on any atom is -0.396 e. The predicted octanol–water partition coefficient (Wildman–Crippen LogP) is 3.20. The topological polar surface area (TPSA) is 37.3 Å². The van der Waals surface area contributed by atoms with Crippen molar-refractivity contribution in [2.75, 3.05) is 6.61 Å². The third-order valence-electron chi connectivity index (χ3n) is 6.13. The third kappa shape index (κ3) is 1.69. The fourth-order valence-corrected chi connectivity index (χ4v) is 4.32. The number of hydrogen-bond donors (Lipinski definition) is 1. The molecule has 0 aromatic carbocycles. The minimum absolute atomic E-state index is 0.0798. The van der Waals surface area contributed by atoms with E-state index in [2.05, 4.69) is 39.8 Å². The van der Waals surface area contributed by atoms with Gasteiger partial charge in [-0.25, -0.2) is 0 Å². The van der Waals surface area contributed by atoms with Gasteiger partial charge in [0, 0.05) is 18.4 Å². The molecule has 1 N–H and O–H groups in total. The summed E-state index contributed by atoms with van der Waals surface area (Å²) in [5.74, 6) is 1.48. The molecule has 0 aromatic heterocycles. The van der Waals surface area contributed by atoms with E-state index in [0.29, 0.717) is 30.0 Å². The molecule has 0 amide bonds. The second kappa shape index (κ2) is 4.48. The molecule has 0 spiro atoms. The highest BCUT2D eigenvalue weighted by Gasteiger charge is 2.57. The molecule has 1 fully saturated rings. The second-order valence-electron chi connectivity index (χ2n) is 6.80. The normalized spacial score (nSPS) is 48.1. The molecule has 0 unspecified atom stereocenters. The van der Waals surface area contributed by atoms with E-state index >= 15 is 0 Å². The summed E-state index contributed by atoms with van der Waals surface area (Å²) in [5, 5.41) is 9.40. The number of allylic oxidation sites excluding steroid dienone is 2. The van der Waals surface area contributed by atoms with E-state index in [0.717, 1.165) is 12.8 Å². The summed E-state index contributed by atoms with van der Waals surface area (Å²) in [5.41, 5.74) is -0.151. The Balaban J connectivity index is 2.46. The number of fused-ring (bicyclic) bond motifs is 1. The Morgan fingerprint density at radius 3 is 2.67 bits per heavy atom. The van der Waals surface area contributed by atoms with E-state index in [-0.39, 0.29) is 17.4 Å². The van der Waals surface area contributed by atoms with Crippen molar-refractivity contribution in [2.45, 2.75) is 47.0 Å². The number of carbonyl (C=O) groups is 1. The maximum atomic E-state index is 12.6. The highest BCUT2D eigenvalue weighted by atomic mass is 16.3. The molecular weight excluding hydrogens is 224 g/mol. The zero-order chi connectivity index (χ0) is 13.6. The van der Waals surface area contributed by atoms with Crippen LogP contribution in [0.4, 0.5) is 0 Å². The average molecular weight is 250 g/mol. The van der Waals surface area contributed by atoms with Gasteiger partial charge in [-0.1, -0.05) is 39.8 Å². The highest BCUT2D eigenvalue weighted by molar-refractivity contribution is 5.87. The number of aliphatic hydroxyl groups is 1. The molecule has 2 heteroatoms. The molecule has 2 nitrogen and oxygen atoms in total. The van der Waals surface area contributed by atoms with Crippen molar-refractivity contribution < 1.29 is 9.90 Å². The zero-order valence-electron chi connectivity index (χ0n) is 12.1. The molecule has 1 saturated carbocycles. The molecule has 18 heavy (non-hydrogen) atoms. The van der Waals surface area contributed by atoms with Crippen LogP contribution in [0.25, 0.3) is 0 Å². The lowest BCUT2D eigenvalue weighted by atomic mass is 9.46. The van der Waals surface area contributed by atoms with E-state index in [9.17, 15) is 9.90 Å².